The smallest absolute Gasteiger partial charge is 0.343 e. The van der Waals surface area contributed by atoms with E-state index in [1.165, 1.54) is 13.2 Å². The molecule has 7 heteroatoms. The van der Waals surface area contributed by atoms with Crippen molar-refractivity contribution in [2.24, 2.45) is 5.92 Å². The van der Waals surface area contributed by atoms with Crippen LogP contribution in [-0.4, -0.2) is 74.3 Å². The summed E-state index contributed by atoms with van der Waals surface area (Å²) in [6.07, 6.45) is 3.75. The lowest BCUT2D eigenvalue weighted by Crippen LogP contribution is -2.32. The second-order valence-corrected chi connectivity index (χ2v) is 8.05. The van der Waals surface area contributed by atoms with Crippen molar-refractivity contribution in [2.45, 2.75) is 46.1 Å². The van der Waals surface area contributed by atoms with E-state index in [0.29, 0.717) is 36.8 Å². The Labute approximate surface area is 174 Å². The molecule has 0 N–H and O–H groups in total. The molecule has 1 aliphatic rings. The monoisotopic (exact) mass is 407 g/mol. The van der Waals surface area contributed by atoms with Crippen LogP contribution >= 0.6 is 0 Å². The van der Waals surface area contributed by atoms with Crippen molar-refractivity contribution in [3.63, 3.8) is 0 Å². The molecule has 0 spiro atoms. The first-order valence-corrected chi connectivity index (χ1v) is 10.8. The van der Waals surface area contributed by atoms with Crippen LogP contribution in [0, 0.1) is 5.92 Å². The first-order valence-electron chi connectivity index (χ1n) is 10.8. The molecular formula is C22H37N3O4. The Morgan fingerprint density at radius 3 is 2.55 bits per heavy atom. The topological polar surface area (TPSA) is 64.0 Å². The van der Waals surface area contributed by atoms with Crippen molar-refractivity contribution < 1.29 is 14.3 Å². The molecule has 2 rings (SSSR count). The molecule has 0 aromatic carbocycles. The first kappa shape index (κ1) is 23.4. The van der Waals surface area contributed by atoms with Gasteiger partial charge in [-0.1, -0.05) is 26.7 Å². The van der Waals surface area contributed by atoms with Crippen LogP contribution in [0.2, 0.25) is 0 Å². The van der Waals surface area contributed by atoms with Crippen LogP contribution in [0.5, 0.6) is 5.75 Å². The van der Waals surface area contributed by atoms with E-state index in [4.69, 9.17) is 9.47 Å². The number of nitrogens with zero attached hydrogens (tertiary/aromatic N) is 3. The van der Waals surface area contributed by atoms with Crippen LogP contribution in [0.3, 0.4) is 0 Å². The van der Waals surface area contributed by atoms with Crippen molar-refractivity contribution in [1.82, 2.24) is 14.4 Å². The van der Waals surface area contributed by atoms with Crippen LogP contribution in [-0.2, 0) is 17.7 Å². The Kier molecular flexibility index (Phi) is 9.17. The Hall–Kier alpha value is -1.86. The number of aromatic nitrogens is 1. The molecule has 29 heavy (non-hydrogen) atoms. The molecular weight excluding hydrogens is 370 g/mol. The highest BCUT2D eigenvalue weighted by atomic mass is 16.5. The lowest BCUT2D eigenvalue weighted by molar-refractivity contribution is 0.0593. The second-order valence-electron chi connectivity index (χ2n) is 8.05. The standard InChI is InChI=1S/C22H37N3O4/c1-6-17(7-2)16-24-11-9-18-21(22(27)28-5)19(29-14-8-10-23(3)4)15-20(26)25(18)13-12-24/h15,17H,6-14,16H2,1-5H3. The summed E-state index contributed by atoms with van der Waals surface area (Å²) in [5.74, 6) is 0.564. The molecule has 2 heterocycles. The maximum absolute atomic E-state index is 12.8. The van der Waals surface area contributed by atoms with E-state index in [2.05, 4.69) is 23.6 Å². The highest BCUT2D eigenvalue weighted by Gasteiger charge is 2.26. The van der Waals surface area contributed by atoms with Crippen molar-refractivity contribution >= 4 is 5.97 Å². The Bertz CT molecular complexity index is 726. The minimum atomic E-state index is -0.440. The van der Waals surface area contributed by atoms with Gasteiger partial charge in [-0.3, -0.25) is 4.79 Å². The molecule has 0 bridgehead atoms. The molecule has 1 aromatic rings. The van der Waals surface area contributed by atoms with E-state index >= 15 is 0 Å². The summed E-state index contributed by atoms with van der Waals surface area (Å²) in [5, 5.41) is 0. The van der Waals surface area contributed by atoms with Gasteiger partial charge in [0.05, 0.1) is 13.7 Å². The van der Waals surface area contributed by atoms with Crippen molar-refractivity contribution in [2.75, 3.05) is 54.0 Å². The van der Waals surface area contributed by atoms with E-state index in [1.807, 2.05) is 14.1 Å². The fourth-order valence-electron chi connectivity index (χ4n) is 3.89. The van der Waals surface area contributed by atoms with E-state index in [9.17, 15) is 9.59 Å². The SMILES string of the molecule is CCC(CC)CN1CCc2c(C(=O)OC)c(OCCCN(C)C)cc(=O)n2CC1. The summed E-state index contributed by atoms with van der Waals surface area (Å²) in [7, 11) is 5.38. The third-order valence-corrected chi connectivity index (χ3v) is 5.75. The molecule has 0 saturated heterocycles. The van der Waals surface area contributed by atoms with Gasteiger partial charge >= 0.3 is 5.97 Å². The normalized spacial score (nSPS) is 14.7. The Balaban J connectivity index is 2.27. The zero-order chi connectivity index (χ0) is 21.4. The third-order valence-electron chi connectivity index (χ3n) is 5.75. The Morgan fingerprint density at radius 2 is 1.93 bits per heavy atom. The zero-order valence-corrected chi connectivity index (χ0v) is 18.7. The average Bonchev–Trinajstić information content (AvgIpc) is 2.92. The molecule has 1 aliphatic heterocycles. The number of fused-ring (bicyclic) bond motifs is 1. The lowest BCUT2D eigenvalue weighted by atomic mass is 10.0. The largest absolute Gasteiger partial charge is 0.492 e. The van der Waals surface area contributed by atoms with E-state index in [-0.39, 0.29) is 5.56 Å². The number of pyridine rings is 1. The summed E-state index contributed by atoms with van der Waals surface area (Å²) >= 11 is 0. The second kappa shape index (κ2) is 11.4. The molecule has 0 radical (unpaired) electrons. The quantitative estimate of drug-likeness (QED) is 0.438. The van der Waals surface area contributed by atoms with E-state index in [0.717, 1.165) is 51.1 Å². The maximum atomic E-state index is 12.8. The van der Waals surface area contributed by atoms with Crippen LogP contribution in [0.4, 0.5) is 0 Å². The van der Waals surface area contributed by atoms with Gasteiger partial charge in [-0.2, -0.15) is 0 Å². The summed E-state index contributed by atoms with van der Waals surface area (Å²) in [5.41, 5.74) is 1.03. The number of methoxy groups -OCH3 is 1. The van der Waals surface area contributed by atoms with Crippen molar-refractivity contribution in [1.29, 1.82) is 0 Å². The molecule has 0 aliphatic carbocycles. The number of ether oxygens (including phenoxy) is 2. The molecule has 0 unspecified atom stereocenters. The number of carbonyl (C=O) groups is 1. The number of hydrogen-bond acceptors (Lipinski definition) is 6. The van der Waals surface area contributed by atoms with Gasteiger partial charge in [-0.15, -0.1) is 0 Å². The zero-order valence-electron chi connectivity index (χ0n) is 18.7. The van der Waals surface area contributed by atoms with Crippen LogP contribution in [0.15, 0.2) is 10.9 Å². The van der Waals surface area contributed by atoms with E-state index in [1.54, 1.807) is 4.57 Å². The van der Waals surface area contributed by atoms with Crippen molar-refractivity contribution in [3.8, 4) is 5.75 Å². The Morgan fingerprint density at radius 1 is 1.21 bits per heavy atom. The van der Waals surface area contributed by atoms with Gasteiger partial charge in [0, 0.05) is 50.9 Å². The van der Waals surface area contributed by atoms with Gasteiger partial charge in [0.1, 0.15) is 11.3 Å². The molecule has 0 amide bonds. The summed E-state index contributed by atoms with van der Waals surface area (Å²) in [6, 6.07) is 1.45. The van der Waals surface area contributed by atoms with E-state index < -0.39 is 5.97 Å². The van der Waals surface area contributed by atoms with Gasteiger partial charge < -0.3 is 23.8 Å². The lowest BCUT2D eigenvalue weighted by Gasteiger charge is -2.24. The van der Waals surface area contributed by atoms with Gasteiger partial charge in [0.25, 0.3) is 5.56 Å². The van der Waals surface area contributed by atoms with Crippen molar-refractivity contribution in [3.05, 3.63) is 27.7 Å². The number of carbonyl (C=O) groups excluding carboxylic acids is 1. The predicted octanol–water partition coefficient (Wildman–Crippen LogP) is 2.26. The molecule has 164 valence electrons. The highest BCUT2D eigenvalue weighted by molar-refractivity contribution is 5.93. The van der Waals surface area contributed by atoms with Gasteiger partial charge in [0.15, 0.2) is 0 Å². The van der Waals surface area contributed by atoms with Crippen LogP contribution in [0.25, 0.3) is 0 Å². The summed E-state index contributed by atoms with van der Waals surface area (Å²) in [4.78, 5) is 29.8. The maximum Gasteiger partial charge on any atom is 0.343 e. The summed E-state index contributed by atoms with van der Waals surface area (Å²) in [6.45, 7) is 9.02. The van der Waals surface area contributed by atoms with Gasteiger partial charge in [0.2, 0.25) is 0 Å². The number of hydrogen-bond donors (Lipinski definition) is 0. The fourth-order valence-corrected chi connectivity index (χ4v) is 3.89. The predicted molar refractivity (Wildman–Crippen MR) is 115 cm³/mol. The van der Waals surface area contributed by atoms with Gasteiger partial charge in [-0.25, -0.2) is 4.79 Å². The molecule has 7 nitrogen and oxygen atoms in total. The summed E-state index contributed by atoms with van der Waals surface area (Å²) < 4.78 is 12.6. The van der Waals surface area contributed by atoms with Crippen LogP contribution < -0.4 is 10.3 Å². The average molecular weight is 408 g/mol. The van der Waals surface area contributed by atoms with Crippen LogP contribution in [0.1, 0.15) is 49.2 Å². The molecule has 1 aromatic heterocycles. The highest BCUT2D eigenvalue weighted by Crippen LogP contribution is 2.24. The molecule has 0 fully saturated rings. The van der Waals surface area contributed by atoms with Gasteiger partial charge in [-0.05, 0) is 26.4 Å². The minimum Gasteiger partial charge on any atom is -0.492 e. The number of rotatable bonds is 10. The first-order chi connectivity index (χ1) is 13.9. The third kappa shape index (κ3) is 6.31. The molecule has 0 saturated carbocycles. The fraction of sp³-hybridized carbons (Fsp3) is 0.727. The molecule has 0 atom stereocenters. The number of esters is 1. The minimum absolute atomic E-state index is 0.111.